The lowest BCUT2D eigenvalue weighted by Crippen LogP contribution is -2.33. The van der Waals surface area contributed by atoms with Crippen LogP contribution in [0.5, 0.6) is 5.75 Å². The highest BCUT2D eigenvalue weighted by Crippen LogP contribution is 2.17. The molecule has 2 rings (SSSR count). The van der Waals surface area contributed by atoms with Gasteiger partial charge < -0.3 is 47.9 Å². The van der Waals surface area contributed by atoms with Gasteiger partial charge in [0.25, 0.3) is 5.69 Å². The molecule has 0 radical (unpaired) electrons. The fourth-order valence-electron chi connectivity index (χ4n) is 3.54. The SMILES string of the molecule is O=[N+]([O-])c1ccc(OCCOCCOCCOCCOCCOCCOCCOCCOC2CCNCC2)cc1. The first-order valence-electron chi connectivity index (χ1n) is 14.0. The van der Waals surface area contributed by atoms with Crippen LogP contribution in [0.1, 0.15) is 12.8 Å². The zero-order chi connectivity index (χ0) is 28.4. The molecule has 0 aromatic heterocycles. The molecule has 1 aromatic rings. The predicted molar refractivity (Wildman–Crippen MR) is 146 cm³/mol. The van der Waals surface area contributed by atoms with E-state index in [1.54, 1.807) is 12.1 Å². The summed E-state index contributed by atoms with van der Waals surface area (Å²) in [4.78, 5) is 10.2. The van der Waals surface area contributed by atoms with Crippen molar-refractivity contribution in [2.24, 2.45) is 0 Å². The number of hydrogen-bond donors (Lipinski definition) is 1. The zero-order valence-corrected chi connectivity index (χ0v) is 23.5. The topological polar surface area (TPSA) is 138 Å². The number of hydrogen-bond acceptors (Lipinski definition) is 12. The average molecular weight is 575 g/mol. The highest BCUT2D eigenvalue weighted by Gasteiger charge is 2.12. The third-order valence-corrected chi connectivity index (χ3v) is 5.64. The monoisotopic (exact) mass is 574 g/mol. The van der Waals surface area contributed by atoms with Crippen LogP contribution in [0.2, 0.25) is 0 Å². The Balaban J connectivity index is 1.18. The first kappa shape index (κ1) is 34.3. The van der Waals surface area contributed by atoms with Crippen LogP contribution in [0.4, 0.5) is 5.69 Å². The molecule has 0 saturated carbocycles. The van der Waals surface area contributed by atoms with E-state index in [1.165, 1.54) is 12.1 Å². The van der Waals surface area contributed by atoms with Gasteiger partial charge in [-0.1, -0.05) is 0 Å². The van der Waals surface area contributed by atoms with Crippen molar-refractivity contribution >= 4 is 5.69 Å². The minimum absolute atomic E-state index is 0.0299. The molecule has 1 heterocycles. The van der Waals surface area contributed by atoms with Gasteiger partial charge in [0.2, 0.25) is 0 Å². The fraction of sp³-hybridized carbons (Fsp3) is 0.778. The third kappa shape index (κ3) is 19.2. The van der Waals surface area contributed by atoms with Crippen LogP contribution in [0.15, 0.2) is 24.3 Å². The Labute approximate surface area is 236 Å². The number of rotatable bonds is 27. The zero-order valence-electron chi connectivity index (χ0n) is 23.5. The second-order valence-corrected chi connectivity index (χ2v) is 8.71. The van der Waals surface area contributed by atoms with Gasteiger partial charge in [0, 0.05) is 12.1 Å². The first-order chi connectivity index (χ1) is 19.8. The van der Waals surface area contributed by atoms with Crippen molar-refractivity contribution < 1.29 is 47.6 Å². The van der Waals surface area contributed by atoms with E-state index in [4.69, 9.17) is 42.6 Å². The summed E-state index contributed by atoms with van der Waals surface area (Å²) < 4.78 is 49.5. The maximum Gasteiger partial charge on any atom is 0.269 e. The summed E-state index contributed by atoms with van der Waals surface area (Å²) in [6.45, 7) is 10.1. The quantitative estimate of drug-likeness (QED) is 0.0932. The van der Waals surface area contributed by atoms with Crippen molar-refractivity contribution in [3.05, 3.63) is 34.4 Å². The van der Waals surface area contributed by atoms with Crippen LogP contribution >= 0.6 is 0 Å². The van der Waals surface area contributed by atoms with E-state index in [9.17, 15) is 10.1 Å². The minimum atomic E-state index is -0.449. The predicted octanol–water partition coefficient (Wildman–Crippen LogP) is 1.86. The number of nitrogens with one attached hydrogen (secondary N) is 1. The van der Waals surface area contributed by atoms with Crippen LogP contribution in [-0.4, -0.2) is 130 Å². The van der Waals surface area contributed by atoms with Gasteiger partial charge in [-0.15, -0.1) is 0 Å². The number of benzene rings is 1. The second kappa shape index (κ2) is 24.8. The normalized spacial score (nSPS) is 14.0. The largest absolute Gasteiger partial charge is 0.491 e. The lowest BCUT2D eigenvalue weighted by molar-refractivity contribution is -0.384. The molecule has 230 valence electrons. The Morgan fingerprint density at radius 1 is 0.600 bits per heavy atom. The van der Waals surface area contributed by atoms with Gasteiger partial charge in [0.1, 0.15) is 12.4 Å². The minimum Gasteiger partial charge on any atom is -0.491 e. The molecule has 0 unspecified atom stereocenters. The lowest BCUT2D eigenvalue weighted by atomic mass is 10.1. The number of nitro benzene ring substituents is 1. The van der Waals surface area contributed by atoms with Crippen molar-refractivity contribution in [1.29, 1.82) is 0 Å². The van der Waals surface area contributed by atoms with Crippen LogP contribution in [0.3, 0.4) is 0 Å². The maximum absolute atomic E-state index is 10.6. The lowest BCUT2D eigenvalue weighted by Gasteiger charge is -2.22. The highest BCUT2D eigenvalue weighted by molar-refractivity contribution is 5.35. The van der Waals surface area contributed by atoms with E-state index in [2.05, 4.69) is 5.32 Å². The fourth-order valence-corrected chi connectivity index (χ4v) is 3.54. The van der Waals surface area contributed by atoms with E-state index in [-0.39, 0.29) is 5.69 Å². The van der Waals surface area contributed by atoms with Crippen LogP contribution < -0.4 is 10.1 Å². The molecule has 0 amide bonds. The first-order valence-corrected chi connectivity index (χ1v) is 14.0. The summed E-state index contributed by atoms with van der Waals surface area (Å²) in [7, 11) is 0. The summed E-state index contributed by atoms with van der Waals surface area (Å²) in [6, 6.07) is 5.92. The Kier molecular flexibility index (Phi) is 21.3. The molecule has 40 heavy (non-hydrogen) atoms. The molecule has 0 spiro atoms. The van der Waals surface area contributed by atoms with Crippen LogP contribution in [0.25, 0.3) is 0 Å². The van der Waals surface area contributed by atoms with Crippen LogP contribution in [0, 0.1) is 10.1 Å². The molecule has 1 aromatic carbocycles. The smallest absolute Gasteiger partial charge is 0.269 e. The van der Waals surface area contributed by atoms with Gasteiger partial charge in [-0.3, -0.25) is 10.1 Å². The molecule has 1 aliphatic rings. The molecule has 1 fully saturated rings. The molecular formula is C27H46N2O11. The van der Waals surface area contributed by atoms with Crippen molar-refractivity contribution in [2.75, 3.05) is 119 Å². The van der Waals surface area contributed by atoms with Gasteiger partial charge in [0.15, 0.2) is 0 Å². The third-order valence-electron chi connectivity index (χ3n) is 5.64. The Morgan fingerprint density at radius 3 is 1.38 bits per heavy atom. The number of non-ortho nitro benzene ring substituents is 1. The van der Waals surface area contributed by atoms with Crippen molar-refractivity contribution in [3.8, 4) is 5.75 Å². The van der Waals surface area contributed by atoms with E-state index in [1.807, 2.05) is 0 Å². The molecule has 13 heteroatoms. The van der Waals surface area contributed by atoms with E-state index in [0.29, 0.717) is 118 Å². The van der Waals surface area contributed by atoms with Gasteiger partial charge in [-0.25, -0.2) is 0 Å². The van der Waals surface area contributed by atoms with Gasteiger partial charge >= 0.3 is 0 Å². The van der Waals surface area contributed by atoms with Gasteiger partial charge in [0.05, 0.1) is 110 Å². The second-order valence-electron chi connectivity index (χ2n) is 8.71. The average Bonchev–Trinajstić information content (AvgIpc) is 2.98. The van der Waals surface area contributed by atoms with Crippen molar-refractivity contribution in [3.63, 3.8) is 0 Å². The van der Waals surface area contributed by atoms with Crippen LogP contribution in [-0.2, 0) is 37.9 Å². The summed E-state index contributed by atoms with van der Waals surface area (Å²) in [6.07, 6.45) is 2.52. The van der Waals surface area contributed by atoms with Crippen molar-refractivity contribution in [2.45, 2.75) is 18.9 Å². The molecule has 0 atom stereocenters. The Morgan fingerprint density at radius 2 is 0.975 bits per heavy atom. The number of ether oxygens (including phenoxy) is 9. The van der Waals surface area contributed by atoms with E-state index in [0.717, 1.165) is 25.9 Å². The molecular weight excluding hydrogens is 528 g/mol. The van der Waals surface area contributed by atoms with E-state index < -0.39 is 4.92 Å². The molecule has 1 aliphatic heterocycles. The maximum atomic E-state index is 10.6. The summed E-state index contributed by atoms with van der Waals surface area (Å²) in [5.74, 6) is 0.561. The summed E-state index contributed by atoms with van der Waals surface area (Å²) in [5, 5.41) is 13.9. The van der Waals surface area contributed by atoms with E-state index >= 15 is 0 Å². The molecule has 0 aliphatic carbocycles. The molecule has 1 saturated heterocycles. The highest BCUT2D eigenvalue weighted by atomic mass is 16.6. The molecule has 1 N–H and O–H groups in total. The van der Waals surface area contributed by atoms with Gasteiger partial charge in [-0.05, 0) is 38.1 Å². The molecule has 0 bridgehead atoms. The standard InChI is InChI=1S/C27H46N2O11/c30-29(31)25-1-3-26(4-2-25)39-23-21-37-19-17-35-15-13-33-11-9-32-10-12-34-14-16-36-18-20-38-22-24-40-27-5-7-28-8-6-27/h1-4,27-28H,5-24H2. The number of piperidine rings is 1. The molecule has 13 nitrogen and oxygen atoms in total. The summed E-state index contributed by atoms with van der Waals surface area (Å²) in [5.41, 5.74) is 0.0299. The van der Waals surface area contributed by atoms with Crippen molar-refractivity contribution in [1.82, 2.24) is 5.32 Å². The number of nitro groups is 1. The Bertz CT molecular complexity index is 721. The summed E-state index contributed by atoms with van der Waals surface area (Å²) >= 11 is 0. The van der Waals surface area contributed by atoms with Gasteiger partial charge in [-0.2, -0.15) is 0 Å². The Hall–Kier alpha value is -1.94. The number of nitrogens with zero attached hydrogens (tertiary/aromatic N) is 1.